The van der Waals surface area contributed by atoms with Crippen LogP contribution in [-0.4, -0.2) is 41.3 Å². The highest BCUT2D eigenvalue weighted by Gasteiger charge is 2.16. The molecule has 6 nitrogen and oxygen atoms in total. The van der Waals surface area contributed by atoms with Crippen LogP contribution in [0.25, 0.3) is 0 Å². The second-order valence-corrected chi connectivity index (χ2v) is 4.91. The number of carbonyl (C=O) groups is 2. The van der Waals surface area contributed by atoms with Gasteiger partial charge in [-0.3, -0.25) is 9.59 Å². The van der Waals surface area contributed by atoms with Crippen molar-refractivity contribution in [1.29, 1.82) is 0 Å². The number of hydrogen-bond donors (Lipinski definition) is 2. The molecule has 1 heterocycles. The maximum atomic E-state index is 12.0. The topological polar surface area (TPSA) is 80.6 Å². The predicted octanol–water partition coefficient (Wildman–Crippen LogP) is 1.49. The molecule has 0 spiro atoms. The third-order valence-corrected chi connectivity index (χ3v) is 3.10. The van der Waals surface area contributed by atoms with Crippen LogP contribution < -0.4 is 5.32 Å². The molecule has 0 bridgehead atoms. The van der Waals surface area contributed by atoms with Gasteiger partial charge in [0.2, 0.25) is 0 Å². The first-order valence-electron chi connectivity index (χ1n) is 5.86. The molecule has 1 unspecified atom stereocenters. The Hall–Kier alpha value is -1.34. The lowest BCUT2D eigenvalue weighted by Crippen LogP contribution is -2.35. The summed E-state index contributed by atoms with van der Waals surface area (Å²) in [6.07, 6.45) is 1.14. The van der Waals surface area contributed by atoms with Gasteiger partial charge in [0.1, 0.15) is 5.69 Å². The normalized spacial score (nSPS) is 12.2. The molecule has 1 rings (SSSR count). The van der Waals surface area contributed by atoms with Crippen molar-refractivity contribution in [3.63, 3.8) is 0 Å². The molecule has 1 aromatic rings. The smallest absolute Gasteiger partial charge is 0.306 e. The van der Waals surface area contributed by atoms with Gasteiger partial charge in [0, 0.05) is 30.9 Å². The van der Waals surface area contributed by atoms with E-state index in [9.17, 15) is 9.59 Å². The van der Waals surface area contributed by atoms with E-state index in [4.69, 9.17) is 9.84 Å². The van der Waals surface area contributed by atoms with Crippen molar-refractivity contribution >= 4 is 27.8 Å². The van der Waals surface area contributed by atoms with Gasteiger partial charge in [0.15, 0.2) is 0 Å². The summed E-state index contributed by atoms with van der Waals surface area (Å²) in [5.74, 6) is -1.21. The molecule has 106 valence electrons. The van der Waals surface area contributed by atoms with Crippen LogP contribution in [0.4, 0.5) is 0 Å². The molecule has 1 amide bonds. The van der Waals surface area contributed by atoms with Crippen LogP contribution in [0.2, 0.25) is 0 Å². The first kappa shape index (κ1) is 15.7. The third kappa shape index (κ3) is 4.68. The fourth-order valence-electron chi connectivity index (χ4n) is 1.66. The van der Waals surface area contributed by atoms with E-state index in [-0.39, 0.29) is 18.9 Å². The lowest BCUT2D eigenvalue weighted by Gasteiger charge is -2.14. The molecule has 0 aliphatic heterocycles. The second-order valence-electron chi connectivity index (χ2n) is 4.00. The molecule has 0 aliphatic carbocycles. The van der Waals surface area contributed by atoms with E-state index in [0.29, 0.717) is 12.2 Å². The minimum Gasteiger partial charge on any atom is -0.481 e. The number of rotatable bonds is 7. The number of ether oxygens (including phenoxy) is 1. The Bertz CT molecular complexity index is 459. The first-order chi connectivity index (χ1) is 8.97. The summed E-state index contributed by atoms with van der Waals surface area (Å²) in [5.41, 5.74) is 0.527. The fraction of sp³-hybridized carbons (Fsp3) is 0.500. The molecule has 7 heteroatoms. The van der Waals surface area contributed by atoms with Crippen LogP contribution in [-0.2, 0) is 16.1 Å². The average molecular weight is 333 g/mol. The van der Waals surface area contributed by atoms with Crippen molar-refractivity contribution < 1.29 is 19.4 Å². The quantitative estimate of drug-likeness (QED) is 0.792. The van der Waals surface area contributed by atoms with E-state index in [1.165, 1.54) is 7.11 Å². The number of methoxy groups -OCH3 is 1. The molecular weight excluding hydrogens is 316 g/mol. The lowest BCUT2D eigenvalue weighted by atomic mass is 10.2. The highest BCUT2D eigenvalue weighted by Crippen LogP contribution is 2.14. The summed E-state index contributed by atoms with van der Waals surface area (Å²) in [5, 5.41) is 11.4. The van der Waals surface area contributed by atoms with Crippen LogP contribution in [0.5, 0.6) is 0 Å². The van der Waals surface area contributed by atoms with E-state index >= 15 is 0 Å². The number of carbonyl (C=O) groups excluding carboxylic acids is 1. The highest BCUT2D eigenvalue weighted by molar-refractivity contribution is 9.10. The van der Waals surface area contributed by atoms with Gasteiger partial charge in [-0.2, -0.15) is 0 Å². The minimum atomic E-state index is -0.958. The Balaban J connectivity index is 2.61. The van der Waals surface area contributed by atoms with Crippen molar-refractivity contribution in [3.05, 3.63) is 22.4 Å². The summed E-state index contributed by atoms with van der Waals surface area (Å²) in [6, 6.07) is 1.72. The molecule has 0 saturated heterocycles. The number of carboxylic acids is 1. The van der Waals surface area contributed by atoms with Gasteiger partial charge >= 0.3 is 5.97 Å². The molecule has 19 heavy (non-hydrogen) atoms. The van der Waals surface area contributed by atoms with Crippen LogP contribution in [0.1, 0.15) is 23.8 Å². The van der Waals surface area contributed by atoms with Gasteiger partial charge in [-0.15, -0.1) is 0 Å². The molecule has 0 radical (unpaired) electrons. The third-order valence-electron chi connectivity index (χ3n) is 2.66. The summed E-state index contributed by atoms with van der Waals surface area (Å²) in [4.78, 5) is 22.6. The number of halogens is 1. The van der Waals surface area contributed by atoms with E-state index < -0.39 is 12.1 Å². The van der Waals surface area contributed by atoms with Gasteiger partial charge in [-0.25, -0.2) is 0 Å². The van der Waals surface area contributed by atoms with Crippen molar-refractivity contribution in [2.75, 3.05) is 13.7 Å². The number of carboxylic acid groups (broad SMARTS) is 1. The Labute approximate surface area is 119 Å². The van der Waals surface area contributed by atoms with Crippen LogP contribution in [0, 0.1) is 0 Å². The van der Waals surface area contributed by atoms with Crippen molar-refractivity contribution in [2.45, 2.75) is 26.0 Å². The van der Waals surface area contributed by atoms with Gasteiger partial charge in [0.05, 0.1) is 12.5 Å². The number of amides is 1. The van der Waals surface area contributed by atoms with Gasteiger partial charge < -0.3 is 19.7 Å². The number of nitrogens with one attached hydrogen (secondary N) is 1. The Morgan fingerprint density at radius 1 is 1.58 bits per heavy atom. The predicted molar refractivity (Wildman–Crippen MR) is 73.2 cm³/mol. The number of aliphatic carboxylic acids is 1. The van der Waals surface area contributed by atoms with Crippen molar-refractivity contribution in [2.24, 2.45) is 0 Å². The molecule has 0 saturated carbocycles. The van der Waals surface area contributed by atoms with Crippen molar-refractivity contribution in [1.82, 2.24) is 9.88 Å². The Morgan fingerprint density at radius 3 is 2.79 bits per heavy atom. The average Bonchev–Trinajstić information content (AvgIpc) is 2.74. The summed E-state index contributed by atoms with van der Waals surface area (Å²) in [7, 11) is 1.42. The summed E-state index contributed by atoms with van der Waals surface area (Å²) in [6.45, 7) is 2.77. The largest absolute Gasteiger partial charge is 0.481 e. The molecule has 0 aliphatic rings. The zero-order valence-corrected chi connectivity index (χ0v) is 12.4. The molecule has 0 fully saturated rings. The molecule has 1 atom stereocenters. The molecule has 2 N–H and O–H groups in total. The maximum Gasteiger partial charge on any atom is 0.306 e. The zero-order chi connectivity index (χ0) is 14.4. The fourth-order valence-corrected chi connectivity index (χ4v) is 2.12. The zero-order valence-electron chi connectivity index (χ0n) is 10.9. The second kappa shape index (κ2) is 7.30. The van der Waals surface area contributed by atoms with Gasteiger partial charge in [-0.05, 0) is 28.9 Å². The van der Waals surface area contributed by atoms with E-state index in [1.54, 1.807) is 10.6 Å². The van der Waals surface area contributed by atoms with E-state index in [0.717, 1.165) is 4.47 Å². The van der Waals surface area contributed by atoms with E-state index in [2.05, 4.69) is 21.2 Å². The van der Waals surface area contributed by atoms with Crippen LogP contribution >= 0.6 is 15.9 Å². The van der Waals surface area contributed by atoms with Gasteiger partial charge in [0.25, 0.3) is 5.91 Å². The standard InChI is InChI=1S/C12H17BrN2O4/c1-3-15-7-8(13)4-10(15)12(18)14-6-9(19-2)5-11(16)17/h4,7,9H,3,5-6H2,1-2H3,(H,14,18)(H,16,17). The number of nitrogens with zero attached hydrogens (tertiary/aromatic N) is 1. The molecular formula is C12H17BrN2O4. The summed E-state index contributed by atoms with van der Waals surface area (Å²) < 4.78 is 7.63. The Morgan fingerprint density at radius 2 is 2.26 bits per heavy atom. The highest BCUT2D eigenvalue weighted by atomic mass is 79.9. The number of aryl methyl sites for hydroxylation is 1. The lowest BCUT2D eigenvalue weighted by molar-refractivity contribution is -0.139. The first-order valence-corrected chi connectivity index (χ1v) is 6.65. The number of hydrogen-bond acceptors (Lipinski definition) is 3. The van der Waals surface area contributed by atoms with Gasteiger partial charge in [-0.1, -0.05) is 0 Å². The van der Waals surface area contributed by atoms with Crippen molar-refractivity contribution in [3.8, 4) is 0 Å². The van der Waals surface area contributed by atoms with Crippen LogP contribution in [0.3, 0.4) is 0 Å². The van der Waals surface area contributed by atoms with E-state index in [1.807, 2.05) is 13.1 Å². The molecule has 0 aromatic carbocycles. The SMILES string of the molecule is CCn1cc(Br)cc1C(=O)NCC(CC(=O)O)OC. The monoisotopic (exact) mass is 332 g/mol. The maximum absolute atomic E-state index is 12.0. The minimum absolute atomic E-state index is 0.144. The Kier molecular flexibility index (Phi) is 6.04. The summed E-state index contributed by atoms with van der Waals surface area (Å²) >= 11 is 3.32. The molecule has 1 aromatic heterocycles. The number of aromatic nitrogens is 1. The van der Waals surface area contributed by atoms with Crippen LogP contribution in [0.15, 0.2) is 16.7 Å².